The first-order valence-corrected chi connectivity index (χ1v) is 13.7. The Balaban J connectivity index is 1.53. The lowest BCUT2D eigenvalue weighted by atomic mass is 9.72. The first kappa shape index (κ1) is 27.8. The number of esters is 1. The van der Waals surface area contributed by atoms with E-state index >= 15 is 0 Å². The molecule has 200 valence electrons. The molecule has 7 nitrogen and oxygen atoms in total. The summed E-state index contributed by atoms with van der Waals surface area (Å²) in [6, 6.07) is 19.6. The summed E-state index contributed by atoms with van der Waals surface area (Å²) in [6.07, 6.45) is 1.44. The van der Waals surface area contributed by atoms with Crippen LogP contribution in [0, 0.1) is 12.8 Å². The van der Waals surface area contributed by atoms with E-state index in [1.165, 1.54) is 23.3 Å². The van der Waals surface area contributed by atoms with Crippen LogP contribution in [-0.2, 0) is 10.3 Å². The first-order valence-electron chi connectivity index (χ1n) is 12.5. The number of hydrogen-bond donors (Lipinski definition) is 2. The number of carbonyl (C=O) groups is 2. The van der Waals surface area contributed by atoms with Gasteiger partial charge in [-0.3, -0.25) is 4.79 Å². The molecule has 1 amide bonds. The molecule has 9 heteroatoms. The molecule has 38 heavy (non-hydrogen) atoms. The van der Waals surface area contributed by atoms with Gasteiger partial charge in [0.25, 0.3) is 5.91 Å². The third-order valence-electron chi connectivity index (χ3n) is 7.16. The molecule has 0 aliphatic carbocycles. The van der Waals surface area contributed by atoms with Crippen molar-refractivity contribution in [1.29, 1.82) is 0 Å². The summed E-state index contributed by atoms with van der Waals surface area (Å²) in [6.45, 7) is 3.02. The Morgan fingerprint density at radius 3 is 2.05 bits per heavy atom. The standard InChI is InChI=1S/C29H33N3O4S2/c1-19-23(27(34)36-4)25(38-24(19)26(33)31(2)3)30-28(37)32-17-15-22(16-18-32)29(35,20-11-7-5-8-12-20)21-13-9-6-10-14-21/h5-14,22,35H,15-18H2,1-4H3,(H,30,37). The van der Waals surface area contributed by atoms with Gasteiger partial charge in [0.15, 0.2) is 5.11 Å². The number of thiocarbonyl (C=S) groups is 1. The van der Waals surface area contributed by atoms with Crippen LogP contribution in [-0.4, -0.2) is 66.2 Å². The molecule has 2 heterocycles. The minimum Gasteiger partial charge on any atom is -0.465 e. The third kappa shape index (κ3) is 5.32. The summed E-state index contributed by atoms with van der Waals surface area (Å²) in [5.74, 6) is -0.708. The van der Waals surface area contributed by atoms with Gasteiger partial charge in [-0.25, -0.2) is 4.79 Å². The van der Waals surface area contributed by atoms with Crippen molar-refractivity contribution in [3.05, 3.63) is 87.8 Å². The van der Waals surface area contributed by atoms with Crippen LogP contribution >= 0.6 is 23.6 Å². The predicted molar refractivity (Wildman–Crippen MR) is 155 cm³/mol. The molecule has 1 aromatic heterocycles. The highest BCUT2D eigenvalue weighted by Gasteiger charge is 2.42. The summed E-state index contributed by atoms with van der Waals surface area (Å²) in [5, 5.41) is 16.3. The van der Waals surface area contributed by atoms with Crippen LogP contribution in [0.2, 0.25) is 0 Å². The molecule has 2 aromatic carbocycles. The number of anilines is 1. The minimum absolute atomic E-state index is 0.00900. The fourth-order valence-electron chi connectivity index (χ4n) is 5.06. The zero-order valence-electron chi connectivity index (χ0n) is 22.1. The number of methoxy groups -OCH3 is 1. The van der Waals surface area contributed by atoms with Gasteiger partial charge < -0.3 is 25.0 Å². The average Bonchev–Trinajstić information content (AvgIpc) is 3.27. The molecule has 2 N–H and O–H groups in total. The number of piperidine rings is 1. The lowest BCUT2D eigenvalue weighted by molar-refractivity contribution is -0.00631. The van der Waals surface area contributed by atoms with Crippen LogP contribution in [0.3, 0.4) is 0 Å². The van der Waals surface area contributed by atoms with Crippen LogP contribution in [0.5, 0.6) is 0 Å². The van der Waals surface area contributed by atoms with Gasteiger partial charge in [-0.1, -0.05) is 60.7 Å². The summed E-state index contributed by atoms with van der Waals surface area (Å²) >= 11 is 6.94. The lowest BCUT2D eigenvalue weighted by Crippen LogP contribution is -2.47. The lowest BCUT2D eigenvalue weighted by Gasteiger charge is -2.43. The van der Waals surface area contributed by atoms with Gasteiger partial charge >= 0.3 is 5.97 Å². The zero-order valence-corrected chi connectivity index (χ0v) is 23.7. The molecular formula is C29H33N3O4S2. The summed E-state index contributed by atoms with van der Waals surface area (Å²) < 4.78 is 4.99. The number of aliphatic hydroxyl groups is 1. The monoisotopic (exact) mass is 551 g/mol. The van der Waals surface area contributed by atoms with E-state index in [1.807, 2.05) is 65.6 Å². The molecule has 1 saturated heterocycles. The zero-order chi connectivity index (χ0) is 27.4. The van der Waals surface area contributed by atoms with Crippen molar-refractivity contribution in [2.24, 2.45) is 5.92 Å². The number of ether oxygens (including phenoxy) is 1. The molecule has 0 unspecified atom stereocenters. The van der Waals surface area contributed by atoms with E-state index in [2.05, 4.69) is 5.32 Å². The SMILES string of the molecule is COC(=O)c1c(NC(=S)N2CCC(C(O)(c3ccccc3)c3ccccc3)CC2)sc(C(=O)N(C)C)c1C. The second kappa shape index (κ2) is 11.6. The molecule has 0 spiro atoms. The number of benzene rings is 2. The molecular weight excluding hydrogens is 518 g/mol. The maximum atomic E-state index is 12.7. The highest BCUT2D eigenvalue weighted by atomic mass is 32.1. The quantitative estimate of drug-likeness (QED) is 0.334. The number of amides is 1. The van der Waals surface area contributed by atoms with E-state index in [9.17, 15) is 14.7 Å². The topological polar surface area (TPSA) is 82.1 Å². The van der Waals surface area contributed by atoms with Gasteiger partial charge in [-0.15, -0.1) is 11.3 Å². The van der Waals surface area contributed by atoms with Gasteiger partial charge in [-0.2, -0.15) is 0 Å². The van der Waals surface area contributed by atoms with Gasteiger partial charge in [0, 0.05) is 27.2 Å². The number of nitrogens with one attached hydrogen (secondary N) is 1. The normalized spacial score (nSPS) is 14.2. The van der Waals surface area contributed by atoms with Crippen LogP contribution in [0.4, 0.5) is 5.00 Å². The number of nitrogens with zero attached hydrogens (tertiary/aromatic N) is 2. The summed E-state index contributed by atoms with van der Waals surface area (Å²) in [7, 11) is 4.67. The number of thiophene rings is 1. The largest absolute Gasteiger partial charge is 0.465 e. The third-order valence-corrected chi connectivity index (χ3v) is 8.71. The van der Waals surface area contributed by atoms with Gasteiger partial charge in [0.2, 0.25) is 0 Å². The van der Waals surface area contributed by atoms with E-state index in [1.54, 1.807) is 21.0 Å². The smallest absolute Gasteiger partial charge is 0.341 e. The Kier molecular flexibility index (Phi) is 8.50. The second-order valence-corrected chi connectivity index (χ2v) is 11.0. The number of carbonyl (C=O) groups excluding carboxylic acids is 2. The first-order chi connectivity index (χ1) is 18.2. The molecule has 1 aliphatic heterocycles. The van der Waals surface area contributed by atoms with E-state index in [4.69, 9.17) is 17.0 Å². The van der Waals surface area contributed by atoms with Crippen molar-refractivity contribution in [2.45, 2.75) is 25.4 Å². The highest BCUT2D eigenvalue weighted by molar-refractivity contribution is 7.80. The van der Waals surface area contributed by atoms with Crippen molar-refractivity contribution >= 4 is 45.5 Å². The number of likely N-dealkylation sites (tertiary alicyclic amines) is 1. The maximum absolute atomic E-state index is 12.7. The molecule has 0 atom stereocenters. The van der Waals surface area contributed by atoms with Crippen LogP contribution in [0.15, 0.2) is 60.7 Å². The van der Waals surface area contributed by atoms with E-state index < -0.39 is 11.6 Å². The van der Waals surface area contributed by atoms with Crippen molar-refractivity contribution in [2.75, 3.05) is 39.6 Å². The molecule has 0 bridgehead atoms. The Labute approximate surface area is 233 Å². The molecule has 3 aromatic rings. The van der Waals surface area contributed by atoms with Crippen LogP contribution in [0.1, 0.15) is 49.6 Å². The average molecular weight is 552 g/mol. The Hall–Kier alpha value is -3.27. The van der Waals surface area contributed by atoms with Crippen molar-refractivity contribution in [3.8, 4) is 0 Å². The molecule has 4 rings (SSSR count). The number of hydrogen-bond acceptors (Lipinski definition) is 6. The van der Waals surface area contributed by atoms with Crippen molar-refractivity contribution in [1.82, 2.24) is 9.80 Å². The molecule has 0 radical (unpaired) electrons. The minimum atomic E-state index is -1.12. The van der Waals surface area contributed by atoms with Gasteiger partial charge in [0.05, 0.1) is 17.6 Å². The van der Waals surface area contributed by atoms with Crippen LogP contribution < -0.4 is 5.32 Å². The van der Waals surface area contributed by atoms with Gasteiger partial charge in [0.1, 0.15) is 10.6 Å². The Morgan fingerprint density at radius 1 is 1.05 bits per heavy atom. The number of rotatable bonds is 6. The summed E-state index contributed by atoms with van der Waals surface area (Å²) in [4.78, 5) is 29.3. The Morgan fingerprint density at radius 2 is 1.58 bits per heavy atom. The maximum Gasteiger partial charge on any atom is 0.341 e. The highest BCUT2D eigenvalue weighted by Crippen LogP contribution is 2.42. The Bertz CT molecular complexity index is 1260. The van der Waals surface area contributed by atoms with Crippen LogP contribution in [0.25, 0.3) is 0 Å². The fraction of sp³-hybridized carbons (Fsp3) is 0.345. The van der Waals surface area contributed by atoms with E-state index in [0.29, 0.717) is 39.2 Å². The van der Waals surface area contributed by atoms with Gasteiger partial charge in [-0.05, 0) is 54.6 Å². The predicted octanol–water partition coefficient (Wildman–Crippen LogP) is 4.89. The second-order valence-electron chi connectivity index (χ2n) is 9.64. The van der Waals surface area contributed by atoms with E-state index in [-0.39, 0.29) is 11.8 Å². The molecule has 1 aliphatic rings. The molecule has 0 saturated carbocycles. The summed E-state index contributed by atoms with van der Waals surface area (Å²) in [5.41, 5.74) is 1.52. The van der Waals surface area contributed by atoms with Crippen molar-refractivity contribution in [3.63, 3.8) is 0 Å². The fourth-order valence-corrected chi connectivity index (χ4v) is 6.62. The molecule has 1 fully saturated rings. The van der Waals surface area contributed by atoms with E-state index in [0.717, 1.165) is 24.0 Å². The van der Waals surface area contributed by atoms with Crippen molar-refractivity contribution < 1.29 is 19.4 Å².